The number of nitrogens with zero attached hydrogens (tertiary/aromatic N) is 1. The van der Waals surface area contributed by atoms with Gasteiger partial charge in [-0.05, 0) is 13.0 Å². The van der Waals surface area contributed by atoms with Gasteiger partial charge in [0.15, 0.2) is 0 Å². The lowest BCUT2D eigenvalue weighted by molar-refractivity contribution is 0.435. The molecule has 1 atom stereocenters. The van der Waals surface area contributed by atoms with E-state index in [9.17, 15) is 0 Å². The van der Waals surface area contributed by atoms with E-state index in [4.69, 9.17) is 10.4 Å². The van der Waals surface area contributed by atoms with Crippen LogP contribution in [-0.4, -0.2) is 5.11 Å². The zero-order chi connectivity index (χ0) is 7.28. The molecule has 0 aliphatic carbocycles. The third-order valence-electron chi connectivity index (χ3n) is 0.781. The first-order valence-corrected chi connectivity index (χ1v) is 2.62. The van der Waals surface area contributed by atoms with Crippen molar-refractivity contribution in [1.29, 1.82) is 5.26 Å². The van der Waals surface area contributed by atoms with Crippen LogP contribution in [0, 0.1) is 17.2 Å². The average molecular weight is 123 g/mol. The second kappa shape index (κ2) is 3.73. The van der Waals surface area contributed by atoms with Gasteiger partial charge in [0, 0.05) is 0 Å². The molecule has 0 aliphatic rings. The summed E-state index contributed by atoms with van der Waals surface area (Å²) < 4.78 is 0. The first-order valence-electron chi connectivity index (χ1n) is 2.62. The van der Waals surface area contributed by atoms with Crippen molar-refractivity contribution < 1.29 is 5.11 Å². The zero-order valence-corrected chi connectivity index (χ0v) is 5.33. The van der Waals surface area contributed by atoms with E-state index in [1.165, 1.54) is 6.08 Å². The van der Waals surface area contributed by atoms with E-state index < -0.39 is 0 Å². The number of hydrogen-bond acceptors (Lipinski definition) is 2. The highest BCUT2D eigenvalue weighted by Gasteiger charge is 1.88. The quantitative estimate of drug-likeness (QED) is 0.449. The second-order valence-corrected chi connectivity index (χ2v) is 1.77. The maximum absolute atomic E-state index is 8.51. The molecule has 9 heavy (non-hydrogen) atoms. The van der Waals surface area contributed by atoms with Crippen LogP contribution in [0.2, 0.25) is 0 Å². The van der Waals surface area contributed by atoms with Crippen molar-refractivity contribution in [3.63, 3.8) is 0 Å². The van der Waals surface area contributed by atoms with Crippen molar-refractivity contribution >= 4 is 0 Å². The second-order valence-electron chi connectivity index (χ2n) is 1.77. The molecule has 0 rings (SSSR count). The van der Waals surface area contributed by atoms with Crippen LogP contribution in [0.3, 0.4) is 0 Å². The Hall–Kier alpha value is -1.23. The van der Waals surface area contributed by atoms with Crippen molar-refractivity contribution in [1.82, 2.24) is 0 Å². The van der Waals surface area contributed by atoms with Gasteiger partial charge in [-0.1, -0.05) is 12.7 Å². The van der Waals surface area contributed by atoms with Crippen LogP contribution in [0.15, 0.2) is 24.5 Å². The fourth-order valence-electron chi connectivity index (χ4n) is 0.298. The minimum Gasteiger partial charge on any atom is -0.509 e. The maximum Gasteiger partial charge on any atom is 0.108 e. The lowest BCUT2D eigenvalue weighted by atomic mass is 10.2. The Balaban J connectivity index is 3.74. The molecular weight excluding hydrogens is 114 g/mol. The van der Waals surface area contributed by atoms with Gasteiger partial charge in [-0.3, -0.25) is 0 Å². The minimum atomic E-state index is -0.158. The topological polar surface area (TPSA) is 44.0 Å². The molecule has 0 aromatic heterocycles. The van der Waals surface area contributed by atoms with Gasteiger partial charge in [0.25, 0.3) is 0 Å². The number of allylic oxidation sites excluding steroid dienone is 2. The van der Waals surface area contributed by atoms with Crippen molar-refractivity contribution in [3.05, 3.63) is 24.5 Å². The fraction of sp³-hybridized carbons (Fsp3) is 0.286. The fourth-order valence-corrected chi connectivity index (χ4v) is 0.298. The van der Waals surface area contributed by atoms with E-state index in [1.807, 2.05) is 6.07 Å². The Morgan fingerprint density at radius 3 is 2.78 bits per heavy atom. The Labute approximate surface area is 54.7 Å². The van der Waals surface area contributed by atoms with Gasteiger partial charge in [-0.2, -0.15) is 5.26 Å². The van der Waals surface area contributed by atoms with Gasteiger partial charge in [0.2, 0.25) is 0 Å². The van der Waals surface area contributed by atoms with Crippen molar-refractivity contribution in [2.75, 3.05) is 0 Å². The van der Waals surface area contributed by atoms with Crippen LogP contribution in [0.5, 0.6) is 0 Å². The molecule has 0 radical (unpaired) electrons. The van der Waals surface area contributed by atoms with E-state index in [0.717, 1.165) is 0 Å². The lowest BCUT2D eigenvalue weighted by Gasteiger charge is -1.88. The largest absolute Gasteiger partial charge is 0.509 e. The number of aliphatic hydroxyl groups is 1. The van der Waals surface area contributed by atoms with Crippen molar-refractivity contribution in [2.24, 2.45) is 5.92 Å². The molecule has 0 heterocycles. The molecule has 2 nitrogen and oxygen atoms in total. The van der Waals surface area contributed by atoms with E-state index in [2.05, 4.69) is 6.58 Å². The summed E-state index contributed by atoms with van der Waals surface area (Å²) in [5.41, 5.74) is 0. The molecule has 0 bridgehead atoms. The monoisotopic (exact) mass is 123 g/mol. The van der Waals surface area contributed by atoms with E-state index in [-0.39, 0.29) is 11.7 Å². The first kappa shape index (κ1) is 7.77. The van der Waals surface area contributed by atoms with Crippen LogP contribution in [0.1, 0.15) is 6.92 Å². The van der Waals surface area contributed by atoms with E-state index >= 15 is 0 Å². The number of hydrogen-bond donors (Lipinski definition) is 1. The predicted molar refractivity (Wildman–Crippen MR) is 35.7 cm³/mol. The molecule has 0 spiro atoms. The summed E-state index contributed by atoms with van der Waals surface area (Å²) >= 11 is 0. The molecule has 0 aromatic carbocycles. The Morgan fingerprint density at radius 2 is 2.44 bits per heavy atom. The summed E-state index contributed by atoms with van der Waals surface area (Å²) in [5.74, 6) is -0.175. The zero-order valence-electron chi connectivity index (χ0n) is 5.33. The third-order valence-corrected chi connectivity index (χ3v) is 0.781. The van der Waals surface area contributed by atoms with Crippen LogP contribution in [0.25, 0.3) is 0 Å². The predicted octanol–water partition coefficient (Wildman–Crippen LogP) is 1.77. The summed E-state index contributed by atoms with van der Waals surface area (Å²) in [6.45, 7) is 4.96. The van der Waals surface area contributed by atoms with Crippen molar-refractivity contribution in [2.45, 2.75) is 6.92 Å². The molecule has 1 unspecified atom stereocenters. The minimum absolute atomic E-state index is 0.0166. The standard InChI is InChI=1S/C7H9NO/c1-6(5-8)3-4-7(2)9/h3-4,6,9H,2H2,1H3/b4-3-. The SMILES string of the molecule is C=C(O)/C=C\C(C)C#N. The average Bonchev–Trinajstić information content (AvgIpc) is 1.83. The molecular formula is C7H9NO. The maximum atomic E-state index is 8.51. The van der Waals surface area contributed by atoms with Gasteiger partial charge < -0.3 is 5.11 Å². The molecule has 48 valence electrons. The number of nitriles is 1. The molecule has 0 aliphatic heterocycles. The lowest BCUT2D eigenvalue weighted by Crippen LogP contribution is -1.81. The molecule has 0 aromatic rings. The number of aliphatic hydroxyl groups excluding tert-OH is 1. The highest BCUT2D eigenvalue weighted by Crippen LogP contribution is 1.95. The van der Waals surface area contributed by atoms with Crippen LogP contribution >= 0.6 is 0 Å². The van der Waals surface area contributed by atoms with Gasteiger partial charge in [-0.15, -0.1) is 0 Å². The van der Waals surface area contributed by atoms with Gasteiger partial charge in [0.05, 0.1) is 12.0 Å². The number of rotatable bonds is 2. The van der Waals surface area contributed by atoms with Gasteiger partial charge >= 0.3 is 0 Å². The normalized spacial score (nSPS) is 12.9. The van der Waals surface area contributed by atoms with E-state index in [0.29, 0.717) is 0 Å². The highest BCUT2D eigenvalue weighted by molar-refractivity contribution is 5.09. The summed E-state index contributed by atoms with van der Waals surface area (Å²) in [6.07, 6.45) is 3.00. The molecule has 1 N–H and O–H groups in total. The molecule has 0 amide bonds. The summed E-state index contributed by atoms with van der Waals surface area (Å²) in [6, 6.07) is 1.98. The highest BCUT2D eigenvalue weighted by atomic mass is 16.3. The Morgan fingerprint density at radius 1 is 1.89 bits per heavy atom. The van der Waals surface area contributed by atoms with Gasteiger partial charge in [0.1, 0.15) is 5.76 Å². The summed E-state index contributed by atoms with van der Waals surface area (Å²) in [4.78, 5) is 0. The van der Waals surface area contributed by atoms with Crippen LogP contribution < -0.4 is 0 Å². The third kappa shape index (κ3) is 4.63. The molecule has 2 heteroatoms. The van der Waals surface area contributed by atoms with E-state index in [1.54, 1.807) is 13.0 Å². The molecule has 0 saturated carbocycles. The van der Waals surface area contributed by atoms with Crippen LogP contribution in [0.4, 0.5) is 0 Å². The smallest absolute Gasteiger partial charge is 0.108 e. The molecule has 0 saturated heterocycles. The Kier molecular flexibility index (Phi) is 3.22. The molecule has 0 fully saturated rings. The van der Waals surface area contributed by atoms with Crippen molar-refractivity contribution in [3.8, 4) is 6.07 Å². The summed E-state index contributed by atoms with van der Waals surface area (Å²) in [7, 11) is 0. The van der Waals surface area contributed by atoms with Crippen LogP contribution in [-0.2, 0) is 0 Å². The first-order chi connectivity index (χ1) is 4.16. The Bertz CT molecular complexity index is 164. The van der Waals surface area contributed by atoms with Gasteiger partial charge in [-0.25, -0.2) is 0 Å². The summed E-state index contributed by atoms with van der Waals surface area (Å²) in [5, 5.41) is 16.7.